The minimum atomic E-state index is -1.08. The van der Waals surface area contributed by atoms with Gasteiger partial charge in [0, 0.05) is 5.92 Å². The zero-order chi connectivity index (χ0) is 23.2. The third kappa shape index (κ3) is 7.04. The second kappa shape index (κ2) is 11.1. The highest BCUT2D eigenvalue weighted by atomic mass is 16.5. The van der Waals surface area contributed by atoms with Crippen LogP contribution in [0.3, 0.4) is 0 Å². The van der Waals surface area contributed by atoms with Gasteiger partial charge in [-0.05, 0) is 69.8 Å². The number of carboxylic acid groups (broad SMARTS) is 1. The Kier molecular flexibility index (Phi) is 9.07. The summed E-state index contributed by atoms with van der Waals surface area (Å²) in [6.45, 7) is 9.62. The Labute approximate surface area is 185 Å². The molecule has 0 bridgehead atoms. The number of carboxylic acids is 1. The Morgan fingerprint density at radius 2 is 2.03 bits per heavy atom. The van der Waals surface area contributed by atoms with Crippen molar-refractivity contribution in [2.24, 2.45) is 23.2 Å². The average molecular weight is 435 g/mol. The molecule has 6 nitrogen and oxygen atoms in total. The molecule has 6 heteroatoms. The Morgan fingerprint density at radius 3 is 2.68 bits per heavy atom. The van der Waals surface area contributed by atoms with Crippen molar-refractivity contribution in [1.29, 1.82) is 0 Å². The van der Waals surface area contributed by atoms with Crippen LogP contribution in [-0.2, 0) is 14.3 Å². The van der Waals surface area contributed by atoms with Gasteiger partial charge in [-0.2, -0.15) is 0 Å². The molecule has 0 aromatic heterocycles. The lowest BCUT2D eigenvalue weighted by Crippen LogP contribution is -2.41. The van der Waals surface area contributed by atoms with Crippen LogP contribution < -0.4 is 0 Å². The fourth-order valence-electron chi connectivity index (χ4n) is 4.80. The molecule has 0 radical (unpaired) electrons. The van der Waals surface area contributed by atoms with Crippen molar-refractivity contribution in [3.8, 4) is 0 Å². The van der Waals surface area contributed by atoms with Gasteiger partial charge < -0.3 is 20.1 Å². The molecule has 3 N–H and O–H groups in total. The minimum absolute atomic E-state index is 0.0464. The van der Waals surface area contributed by atoms with E-state index in [1.165, 1.54) is 5.57 Å². The maximum absolute atomic E-state index is 12.8. The molecule has 0 fully saturated rings. The molecule has 0 heterocycles. The largest absolute Gasteiger partial charge is 0.481 e. The molecule has 0 amide bonds. The van der Waals surface area contributed by atoms with Crippen molar-refractivity contribution in [3.63, 3.8) is 0 Å². The molecule has 6 unspecified atom stereocenters. The second-order valence-electron chi connectivity index (χ2n) is 9.73. The number of carbonyl (C=O) groups excluding carboxylic acids is 1. The molecule has 0 aromatic carbocycles. The molecule has 0 saturated heterocycles. The number of hydrogen-bond acceptors (Lipinski definition) is 5. The fraction of sp³-hybridized carbons (Fsp3) is 0.680. The van der Waals surface area contributed by atoms with Gasteiger partial charge >= 0.3 is 11.9 Å². The van der Waals surface area contributed by atoms with Crippen LogP contribution in [0, 0.1) is 23.2 Å². The van der Waals surface area contributed by atoms with Crippen LogP contribution in [-0.4, -0.2) is 45.6 Å². The van der Waals surface area contributed by atoms with Gasteiger partial charge in [-0.25, -0.2) is 0 Å². The number of aliphatic carboxylic acids is 1. The van der Waals surface area contributed by atoms with E-state index >= 15 is 0 Å². The Hall–Kier alpha value is -1.92. The Morgan fingerprint density at radius 1 is 1.32 bits per heavy atom. The van der Waals surface area contributed by atoms with E-state index in [-0.39, 0.29) is 42.7 Å². The van der Waals surface area contributed by atoms with Gasteiger partial charge in [0.05, 0.1) is 24.0 Å². The summed E-state index contributed by atoms with van der Waals surface area (Å²) in [4.78, 5) is 23.6. The smallest absolute Gasteiger partial charge is 0.312 e. The molecule has 6 atom stereocenters. The quantitative estimate of drug-likeness (QED) is 0.335. The van der Waals surface area contributed by atoms with Crippen molar-refractivity contribution >= 4 is 11.9 Å². The number of aliphatic hydroxyl groups excluding tert-OH is 2. The first-order valence-corrected chi connectivity index (χ1v) is 11.3. The first-order chi connectivity index (χ1) is 14.5. The van der Waals surface area contributed by atoms with E-state index in [0.717, 1.165) is 12.8 Å². The van der Waals surface area contributed by atoms with Gasteiger partial charge in [-0.1, -0.05) is 31.2 Å². The number of esters is 1. The number of fused-ring (bicyclic) bond motifs is 1. The maximum Gasteiger partial charge on any atom is 0.312 e. The summed E-state index contributed by atoms with van der Waals surface area (Å²) >= 11 is 0. The lowest BCUT2D eigenvalue weighted by Gasteiger charge is -2.42. The highest BCUT2D eigenvalue weighted by molar-refractivity contribution is 5.76. The van der Waals surface area contributed by atoms with Crippen LogP contribution in [0.4, 0.5) is 0 Å². The van der Waals surface area contributed by atoms with E-state index in [4.69, 9.17) is 9.84 Å². The number of rotatable bonds is 11. The van der Waals surface area contributed by atoms with E-state index < -0.39 is 23.6 Å². The van der Waals surface area contributed by atoms with Crippen LogP contribution in [0.15, 0.2) is 36.5 Å². The Balaban J connectivity index is 2.08. The normalized spacial score (nSPS) is 27.6. The molecule has 0 spiro atoms. The molecule has 2 aliphatic rings. The third-order valence-electron chi connectivity index (χ3n) is 6.60. The highest BCUT2D eigenvalue weighted by Gasteiger charge is 2.41. The van der Waals surface area contributed by atoms with E-state index in [9.17, 15) is 19.8 Å². The number of allylic oxidation sites excluding steroid dienone is 4. The number of carbonyl (C=O) groups is 2. The zero-order valence-electron chi connectivity index (χ0n) is 19.0. The van der Waals surface area contributed by atoms with Gasteiger partial charge in [0.2, 0.25) is 0 Å². The van der Waals surface area contributed by atoms with Gasteiger partial charge in [0.15, 0.2) is 0 Å². The van der Waals surface area contributed by atoms with Gasteiger partial charge in [0.1, 0.15) is 6.10 Å². The fourth-order valence-corrected chi connectivity index (χ4v) is 4.80. The van der Waals surface area contributed by atoms with Crippen LogP contribution in [0.2, 0.25) is 0 Å². The number of ether oxygens (including phenoxy) is 1. The summed E-state index contributed by atoms with van der Waals surface area (Å²) < 4.78 is 6.04. The standard InChI is InChI=1S/C25H38O6/c1-5-13-25(3,4)24(30)31-21-8-6-7-17-10-9-16(2)20(23(17)21)12-11-18(26)14-19(27)15-22(28)29/h5,7,9-10,16,18-21,23,26-27H,1,6,8,11-15H2,2-4H3,(H,28,29). The summed E-state index contributed by atoms with van der Waals surface area (Å²) in [7, 11) is 0. The van der Waals surface area contributed by atoms with Gasteiger partial charge in [0.25, 0.3) is 0 Å². The van der Waals surface area contributed by atoms with Gasteiger partial charge in [-0.15, -0.1) is 6.58 Å². The molecule has 2 aliphatic carbocycles. The average Bonchev–Trinajstić information content (AvgIpc) is 2.66. The lowest BCUT2D eigenvalue weighted by atomic mass is 9.66. The number of aliphatic hydroxyl groups is 2. The van der Waals surface area contributed by atoms with E-state index in [1.54, 1.807) is 6.08 Å². The highest BCUT2D eigenvalue weighted by Crippen LogP contribution is 2.44. The number of hydrogen-bond donors (Lipinski definition) is 3. The van der Waals surface area contributed by atoms with E-state index in [0.29, 0.717) is 19.3 Å². The summed E-state index contributed by atoms with van der Waals surface area (Å²) in [5, 5.41) is 28.9. The molecular weight excluding hydrogens is 396 g/mol. The topological polar surface area (TPSA) is 104 Å². The summed E-state index contributed by atoms with van der Waals surface area (Å²) in [5.41, 5.74) is 0.569. The molecule has 0 saturated carbocycles. The van der Waals surface area contributed by atoms with E-state index in [2.05, 4.69) is 31.7 Å². The zero-order valence-corrected chi connectivity index (χ0v) is 19.0. The van der Waals surface area contributed by atoms with Crippen molar-refractivity contribution in [2.75, 3.05) is 0 Å². The predicted molar refractivity (Wildman–Crippen MR) is 119 cm³/mol. The molecular formula is C25H38O6. The van der Waals surface area contributed by atoms with E-state index in [1.807, 2.05) is 13.8 Å². The van der Waals surface area contributed by atoms with Crippen LogP contribution >= 0.6 is 0 Å². The summed E-state index contributed by atoms with van der Waals surface area (Å²) in [6, 6.07) is 0. The van der Waals surface area contributed by atoms with Crippen molar-refractivity contribution in [2.45, 2.75) is 84.0 Å². The van der Waals surface area contributed by atoms with Crippen molar-refractivity contribution in [3.05, 3.63) is 36.5 Å². The van der Waals surface area contributed by atoms with Crippen LogP contribution in [0.1, 0.15) is 65.7 Å². The molecule has 2 rings (SSSR count). The maximum atomic E-state index is 12.8. The van der Waals surface area contributed by atoms with Crippen molar-refractivity contribution in [1.82, 2.24) is 0 Å². The monoisotopic (exact) mass is 434 g/mol. The first kappa shape index (κ1) is 25.3. The van der Waals surface area contributed by atoms with Crippen LogP contribution in [0.5, 0.6) is 0 Å². The van der Waals surface area contributed by atoms with Crippen LogP contribution in [0.25, 0.3) is 0 Å². The second-order valence-corrected chi connectivity index (χ2v) is 9.73. The molecule has 0 aromatic rings. The van der Waals surface area contributed by atoms with Crippen molar-refractivity contribution < 1.29 is 29.6 Å². The van der Waals surface area contributed by atoms with Gasteiger partial charge in [-0.3, -0.25) is 9.59 Å². The predicted octanol–water partition coefficient (Wildman–Crippen LogP) is 4.03. The summed E-state index contributed by atoms with van der Waals surface area (Å²) in [6.07, 6.45) is 9.27. The summed E-state index contributed by atoms with van der Waals surface area (Å²) in [5.74, 6) is -0.751. The minimum Gasteiger partial charge on any atom is -0.481 e. The molecule has 31 heavy (non-hydrogen) atoms. The Bertz CT molecular complexity index is 707. The SMILES string of the molecule is C=CCC(C)(C)C(=O)OC1CCC=C2C=CC(C)C(CCC(O)CC(O)CC(=O)O)C21. The molecule has 174 valence electrons. The molecule has 0 aliphatic heterocycles. The third-order valence-corrected chi connectivity index (χ3v) is 6.60. The lowest BCUT2D eigenvalue weighted by molar-refractivity contribution is -0.163. The first-order valence-electron chi connectivity index (χ1n) is 11.3.